The summed E-state index contributed by atoms with van der Waals surface area (Å²) in [5.74, 6) is -3.69. The summed E-state index contributed by atoms with van der Waals surface area (Å²) in [4.78, 5) is 97.7. The number of ketones is 1. The van der Waals surface area contributed by atoms with Crippen LogP contribution in [0.4, 0.5) is 4.79 Å². The number of carbonyl (C=O) groups is 7. The van der Waals surface area contributed by atoms with Gasteiger partial charge in [-0.15, -0.1) is 10.6 Å². The first-order valence-electron chi connectivity index (χ1n) is 20.7. The SMILES string of the molecule is CCCC(NC(=O)[C@@H]1C[C@@H](OC(=O)N2CCc3ccccc3C2)CN1C(=O)[C@@H](NC(=O)[C@@H](NC(=O)CCCCC1=NNNN1)C(C)C)C(C)C)C(=O)C(=O)NC1CC1. The third kappa shape index (κ3) is 11.9. The van der Waals surface area contributed by atoms with Crippen LogP contribution in [0.15, 0.2) is 29.4 Å². The van der Waals surface area contributed by atoms with Crippen LogP contribution in [0.1, 0.15) is 104 Å². The Morgan fingerprint density at radius 1 is 0.931 bits per heavy atom. The average molecular weight is 809 g/mol. The second kappa shape index (κ2) is 20.4. The maximum absolute atomic E-state index is 14.5. The molecule has 1 aliphatic carbocycles. The van der Waals surface area contributed by atoms with Gasteiger partial charge in [-0.25, -0.2) is 10.3 Å². The molecule has 58 heavy (non-hydrogen) atoms. The molecule has 0 radical (unpaired) electrons. The van der Waals surface area contributed by atoms with E-state index in [2.05, 4.69) is 42.9 Å². The molecule has 3 heterocycles. The van der Waals surface area contributed by atoms with Gasteiger partial charge in [-0.3, -0.25) is 34.2 Å². The minimum Gasteiger partial charge on any atom is -0.444 e. The van der Waals surface area contributed by atoms with E-state index in [0.717, 1.165) is 29.8 Å². The first-order valence-corrected chi connectivity index (χ1v) is 20.7. The number of benzene rings is 1. The zero-order chi connectivity index (χ0) is 41.9. The van der Waals surface area contributed by atoms with Crippen molar-refractivity contribution in [3.8, 4) is 0 Å². The van der Waals surface area contributed by atoms with E-state index < -0.39 is 71.7 Å². The molecule has 3 aliphatic heterocycles. The van der Waals surface area contributed by atoms with E-state index in [1.165, 1.54) is 4.90 Å². The fourth-order valence-electron chi connectivity index (χ4n) is 7.35. The summed E-state index contributed by atoms with van der Waals surface area (Å²) >= 11 is 0. The van der Waals surface area contributed by atoms with Gasteiger partial charge in [0.15, 0.2) is 0 Å². The van der Waals surface area contributed by atoms with Crippen LogP contribution in [0.2, 0.25) is 0 Å². The number of hydrazine groups is 2. The van der Waals surface area contributed by atoms with E-state index in [1.807, 2.05) is 31.2 Å². The molecule has 0 spiro atoms. The van der Waals surface area contributed by atoms with Crippen molar-refractivity contribution >= 4 is 47.2 Å². The van der Waals surface area contributed by atoms with E-state index in [-0.39, 0.29) is 43.7 Å². The van der Waals surface area contributed by atoms with Crippen molar-refractivity contribution in [3.63, 3.8) is 0 Å². The molecular formula is C40H60N10O8. The molecule has 18 nitrogen and oxygen atoms in total. The molecule has 1 saturated carbocycles. The molecule has 0 bridgehead atoms. The first kappa shape index (κ1) is 43.9. The zero-order valence-corrected chi connectivity index (χ0v) is 34.2. The topological polar surface area (TPSA) is 232 Å². The Morgan fingerprint density at radius 2 is 1.66 bits per heavy atom. The highest BCUT2D eigenvalue weighted by atomic mass is 16.6. The molecule has 2 fully saturated rings. The van der Waals surface area contributed by atoms with Gasteiger partial charge in [0.1, 0.15) is 30.1 Å². The number of nitrogens with zero attached hydrogens (tertiary/aromatic N) is 3. The summed E-state index contributed by atoms with van der Waals surface area (Å²) in [5, 5.41) is 15.1. The molecule has 1 saturated heterocycles. The van der Waals surface area contributed by atoms with Gasteiger partial charge in [0.05, 0.1) is 12.6 Å². The van der Waals surface area contributed by atoms with Crippen molar-refractivity contribution in [2.24, 2.45) is 16.9 Å². The number of hydrogen-bond donors (Lipinski definition) is 7. The van der Waals surface area contributed by atoms with Crippen molar-refractivity contribution < 1.29 is 38.3 Å². The van der Waals surface area contributed by atoms with Gasteiger partial charge in [0.2, 0.25) is 29.4 Å². The van der Waals surface area contributed by atoms with Crippen LogP contribution >= 0.6 is 0 Å². The average Bonchev–Trinajstić information content (AvgIpc) is 3.66. The molecule has 7 N–H and O–H groups in total. The van der Waals surface area contributed by atoms with Gasteiger partial charge < -0.3 is 35.8 Å². The predicted molar refractivity (Wildman–Crippen MR) is 213 cm³/mol. The molecule has 1 aromatic carbocycles. The number of Topliss-reactive ketones (excluding diaryl/α,β-unsaturated/α-hetero) is 1. The molecule has 6 amide bonds. The number of unbranched alkanes of at least 4 members (excludes halogenated alkanes) is 1. The quantitative estimate of drug-likeness (QED) is 0.0772. The Labute approximate surface area is 339 Å². The minimum atomic E-state index is -1.18. The number of rotatable bonds is 19. The zero-order valence-electron chi connectivity index (χ0n) is 34.2. The van der Waals surface area contributed by atoms with E-state index in [9.17, 15) is 33.6 Å². The van der Waals surface area contributed by atoms with Crippen LogP contribution in [0.5, 0.6) is 0 Å². The smallest absolute Gasteiger partial charge is 0.410 e. The monoisotopic (exact) mass is 808 g/mol. The first-order chi connectivity index (χ1) is 27.7. The summed E-state index contributed by atoms with van der Waals surface area (Å²) in [6.07, 6.45) is 3.50. The number of hydrazone groups is 1. The minimum absolute atomic E-state index is 0.0521. The van der Waals surface area contributed by atoms with Crippen LogP contribution in [0, 0.1) is 11.8 Å². The number of amides is 6. The Kier molecular flexibility index (Phi) is 15.5. The van der Waals surface area contributed by atoms with Crippen molar-refractivity contribution in [1.82, 2.24) is 47.6 Å². The van der Waals surface area contributed by atoms with Crippen LogP contribution in [0.25, 0.3) is 0 Å². The predicted octanol–water partition coefficient (Wildman–Crippen LogP) is 1.05. The van der Waals surface area contributed by atoms with Gasteiger partial charge in [0.25, 0.3) is 5.91 Å². The van der Waals surface area contributed by atoms with E-state index in [0.29, 0.717) is 45.2 Å². The number of ether oxygens (including phenoxy) is 1. The summed E-state index contributed by atoms with van der Waals surface area (Å²) < 4.78 is 5.95. The second-order valence-corrected chi connectivity index (χ2v) is 16.3. The van der Waals surface area contributed by atoms with Crippen LogP contribution in [-0.4, -0.2) is 106 Å². The number of hydrogen-bond acceptors (Lipinski definition) is 12. The Hall–Kier alpha value is -5.26. The van der Waals surface area contributed by atoms with Crippen molar-refractivity contribution in [1.29, 1.82) is 0 Å². The molecule has 318 valence electrons. The Bertz CT molecular complexity index is 1720. The maximum Gasteiger partial charge on any atom is 0.410 e. The van der Waals surface area contributed by atoms with Crippen LogP contribution in [0.3, 0.4) is 0 Å². The fourth-order valence-corrected chi connectivity index (χ4v) is 7.35. The summed E-state index contributed by atoms with van der Waals surface area (Å²) in [7, 11) is 0. The molecule has 5 atom stereocenters. The van der Waals surface area contributed by atoms with Crippen molar-refractivity contribution in [3.05, 3.63) is 35.4 Å². The lowest BCUT2D eigenvalue weighted by Gasteiger charge is -2.32. The third-order valence-corrected chi connectivity index (χ3v) is 10.9. The largest absolute Gasteiger partial charge is 0.444 e. The van der Waals surface area contributed by atoms with Crippen LogP contribution < -0.4 is 37.8 Å². The summed E-state index contributed by atoms with van der Waals surface area (Å²) in [5.41, 5.74) is 10.3. The third-order valence-electron chi connectivity index (χ3n) is 10.9. The highest BCUT2D eigenvalue weighted by Gasteiger charge is 2.46. The van der Waals surface area contributed by atoms with Crippen molar-refractivity contribution in [2.45, 2.75) is 142 Å². The van der Waals surface area contributed by atoms with Gasteiger partial charge in [-0.2, -0.15) is 0 Å². The maximum atomic E-state index is 14.5. The van der Waals surface area contributed by atoms with Gasteiger partial charge in [-0.1, -0.05) is 65.3 Å². The number of fused-ring (bicyclic) bond motifs is 1. The normalized spacial score (nSPS) is 20.2. The lowest BCUT2D eigenvalue weighted by Crippen LogP contribution is -2.59. The molecule has 1 unspecified atom stereocenters. The van der Waals surface area contributed by atoms with Crippen molar-refractivity contribution in [2.75, 3.05) is 13.1 Å². The van der Waals surface area contributed by atoms with E-state index in [4.69, 9.17) is 4.74 Å². The highest BCUT2D eigenvalue weighted by molar-refractivity contribution is 6.38. The number of amidine groups is 1. The lowest BCUT2D eigenvalue weighted by molar-refractivity contribution is -0.144. The lowest BCUT2D eigenvalue weighted by atomic mass is 9.98. The van der Waals surface area contributed by atoms with Crippen LogP contribution in [-0.2, 0) is 46.5 Å². The second-order valence-electron chi connectivity index (χ2n) is 16.3. The number of carbonyl (C=O) groups excluding carboxylic acids is 7. The standard InChI is InChI=1S/C40H60N10O8/c1-6-11-29(35(52)38(55)41-27-16-17-27)42-36(53)30-20-28(58-40(57)49-19-18-25-12-7-8-13-26(25)21-49)22-50(30)39(56)34(24(4)5)44-37(54)33(23(2)3)43-32(51)15-10-9-14-31-45-47-48-46-31/h7-8,12-13,23-24,27-30,33-34,47-48H,6,9-11,14-22H2,1-5H3,(H,41,55)(H,42,53)(H,43,51)(H,44,54)(H,45,46)/t28-,29?,30+,33+,34+/m1/s1. The molecule has 1 aromatic rings. The molecule has 18 heteroatoms. The van der Waals surface area contributed by atoms with E-state index in [1.54, 1.807) is 32.6 Å². The fraction of sp³-hybridized carbons (Fsp3) is 0.650. The summed E-state index contributed by atoms with van der Waals surface area (Å²) in [6, 6.07) is 3.44. The van der Waals surface area contributed by atoms with Gasteiger partial charge >= 0.3 is 6.09 Å². The molecular weight excluding hydrogens is 749 g/mol. The highest BCUT2D eigenvalue weighted by Crippen LogP contribution is 2.26. The van der Waals surface area contributed by atoms with Gasteiger partial charge in [-0.05, 0) is 61.5 Å². The molecule has 4 aliphatic rings. The molecule has 0 aromatic heterocycles. The van der Waals surface area contributed by atoms with Gasteiger partial charge in [0, 0.05) is 38.4 Å². The molecule has 5 rings (SSSR count). The summed E-state index contributed by atoms with van der Waals surface area (Å²) in [6.45, 7) is 9.58. The Balaban J connectivity index is 1.28. The Morgan fingerprint density at radius 3 is 2.31 bits per heavy atom. The van der Waals surface area contributed by atoms with E-state index >= 15 is 0 Å². The number of likely N-dealkylation sites (tertiary alicyclic amines) is 1. The number of nitrogens with one attached hydrogen (secondary N) is 7.